The lowest BCUT2D eigenvalue weighted by molar-refractivity contribution is -0.122. The van der Waals surface area contributed by atoms with Crippen molar-refractivity contribution < 1.29 is 14.3 Å². The molecule has 0 aliphatic rings. The number of nitrogens with one attached hydrogen (secondary N) is 1. The van der Waals surface area contributed by atoms with Gasteiger partial charge in [-0.15, -0.1) is 0 Å². The maximum absolute atomic E-state index is 11.6. The second kappa shape index (κ2) is 7.02. The zero-order valence-electron chi connectivity index (χ0n) is 12.2. The topological polar surface area (TPSA) is 47.6 Å². The predicted molar refractivity (Wildman–Crippen MR) is 75.6 cm³/mol. The van der Waals surface area contributed by atoms with Gasteiger partial charge < -0.3 is 14.8 Å². The molecule has 1 aromatic carbocycles. The third-order valence-electron chi connectivity index (χ3n) is 2.43. The number of hydrogen-bond donors (Lipinski definition) is 1. The van der Waals surface area contributed by atoms with Crippen molar-refractivity contribution in [3.63, 3.8) is 0 Å². The molecule has 106 valence electrons. The Morgan fingerprint density at radius 2 is 1.95 bits per heavy atom. The normalized spacial score (nSPS) is 10.9. The summed E-state index contributed by atoms with van der Waals surface area (Å²) < 4.78 is 10.6. The van der Waals surface area contributed by atoms with Gasteiger partial charge in [0, 0.05) is 12.5 Å². The standard InChI is InChI=1S/C15H23NO3/c1-15(2,3)11-14(17)16-8-9-19-13-7-5-6-12(10-13)18-4/h5-7,10H,8-9,11H2,1-4H3,(H,16,17). The number of methoxy groups -OCH3 is 1. The van der Waals surface area contributed by atoms with Crippen molar-refractivity contribution in [1.29, 1.82) is 0 Å². The van der Waals surface area contributed by atoms with Crippen LogP contribution in [-0.2, 0) is 4.79 Å². The minimum Gasteiger partial charge on any atom is -0.497 e. The Balaban J connectivity index is 2.25. The minimum absolute atomic E-state index is 0.0116. The van der Waals surface area contributed by atoms with E-state index in [4.69, 9.17) is 9.47 Å². The summed E-state index contributed by atoms with van der Waals surface area (Å²) >= 11 is 0. The predicted octanol–water partition coefficient (Wildman–Crippen LogP) is 2.63. The van der Waals surface area contributed by atoms with Crippen molar-refractivity contribution in [2.75, 3.05) is 20.3 Å². The summed E-state index contributed by atoms with van der Waals surface area (Å²) in [5.41, 5.74) is 0.0116. The first-order valence-electron chi connectivity index (χ1n) is 6.44. The summed E-state index contributed by atoms with van der Waals surface area (Å²) in [4.78, 5) is 11.6. The quantitative estimate of drug-likeness (QED) is 0.804. The molecule has 0 fully saturated rings. The minimum atomic E-state index is 0.0116. The summed E-state index contributed by atoms with van der Waals surface area (Å²) in [6.45, 7) is 7.08. The molecule has 0 bridgehead atoms. The zero-order valence-corrected chi connectivity index (χ0v) is 12.2. The Labute approximate surface area is 115 Å². The van der Waals surface area contributed by atoms with Crippen LogP contribution in [0.25, 0.3) is 0 Å². The summed E-state index contributed by atoms with van der Waals surface area (Å²) in [5, 5.41) is 2.84. The molecule has 1 aromatic rings. The highest BCUT2D eigenvalue weighted by molar-refractivity contribution is 5.76. The molecular formula is C15H23NO3. The summed E-state index contributed by atoms with van der Waals surface area (Å²) in [5.74, 6) is 1.56. The van der Waals surface area contributed by atoms with E-state index in [1.807, 2.05) is 45.0 Å². The van der Waals surface area contributed by atoms with Crippen LogP contribution < -0.4 is 14.8 Å². The van der Waals surface area contributed by atoms with E-state index >= 15 is 0 Å². The smallest absolute Gasteiger partial charge is 0.220 e. The summed E-state index contributed by atoms with van der Waals surface area (Å²) in [6, 6.07) is 7.40. The molecule has 0 aliphatic heterocycles. The lowest BCUT2D eigenvalue weighted by atomic mass is 9.92. The van der Waals surface area contributed by atoms with Gasteiger partial charge in [0.2, 0.25) is 5.91 Å². The largest absolute Gasteiger partial charge is 0.497 e. The average Bonchev–Trinajstić information content (AvgIpc) is 2.33. The molecule has 0 saturated heterocycles. The van der Waals surface area contributed by atoms with Crippen LogP contribution in [0.4, 0.5) is 0 Å². The molecule has 4 heteroatoms. The van der Waals surface area contributed by atoms with Gasteiger partial charge in [-0.2, -0.15) is 0 Å². The molecule has 0 saturated carbocycles. The van der Waals surface area contributed by atoms with Crippen molar-refractivity contribution in [2.24, 2.45) is 5.41 Å². The van der Waals surface area contributed by atoms with Crippen molar-refractivity contribution in [2.45, 2.75) is 27.2 Å². The number of rotatable bonds is 6. The molecule has 0 aliphatic carbocycles. The van der Waals surface area contributed by atoms with Crippen molar-refractivity contribution in [3.8, 4) is 11.5 Å². The lowest BCUT2D eigenvalue weighted by Crippen LogP contribution is -2.30. The van der Waals surface area contributed by atoms with Gasteiger partial charge in [-0.05, 0) is 17.5 Å². The first-order chi connectivity index (χ1) is 8.90. The fraction of sp³-hybridized carbons (Fsp3) is 0.533. The first kappa shape index (κ1) is 15.3. The van der Waals surface area contributed by atoms with Gasteiger partial charge in [-0.1, -0.05) is 26.8 Å². The van der Waals surface area contributed by atoms with E-state index in [2.05, 4.69) is 5.32 Å². The molecular weight excluding hydrogens is 242 g/mol. The van der Waals surface area contributed by atoms with E-state index in [0.29, 0.717) is 19.6 Å². The second-order valence-corrected chi connectivity index (χ2v) is 5.61. The summed E-state index contributed by atoms with van der Waals surface area (Å²) in [7, 11) is 1.62. The van der Waals surface area contributed by atoms with Crippen molar-refractivity contribution in [1.82, 2.24) is 5.32 Å². The van der Waals surface area contributed by atoms with E-state index in [1.165, 1.54) is 0 Å². The van der Waals surface area contributed by atoms with E-state index in [1.54, 1.807) is 7.11 Å². The molecule has 0 atom stereocenters. The lowest BCUT2D eigenvalue weighted by Gasteiger charge is -2.17. The molecule has 1 N–H and O–H groups in total. The van der Waals surface area contributed by atoms with Gasteiger partial charge >= 0.3 is 0 Å². The van der Waals surface area contributed by atoms with E-state index in [9.17, 15) is 4.79 Å². The van der Waals surface area contributed by atoms with Gasteiger partial charge in [-0.3, -0.25) is 4.79 Å². The first-order valence-corrected chi connectivity index (χ1v) is 6.44. The highest BCUT2D eigenvalue weighted by Gasteiger charge is 2.15. The van der Waals surface area contributed by atoms with Crippen LogP contribution in [-0.4, -0.2) is 26.2 Å². The highest BCUT2D eigenvalue weighted by Crippen LogP contribution is 2.19. The van der Waals surface area contributed by atoms with Crippen LogP contribution in [0.5, 0.6) is 11.5 Å². The van der Waals surface area contributed by atoms with Crippen LogP contribution in [0.1, 0.15) is 27.2 Å². The Morgan fingerprint density at radius 1 is 1.26 bits per heavy atom. The van der Waals surface area contributed by atoms with E-state index in [-0.39, 0.29) is 11.3 Å². The van der Waals surface area contributed by atoms with Gasteiger partial charge in [0.1, 0.15) is 18.1 Å². The Morgan fingerprint density at radius 3 is 2.58 bits per heavy atom. The molecule has 0 heterocycles. The van der Waals surface area contributed by atoms with E-state index < -0.39 is 0 Å². The maximum Gasteiger partial charge on any atom is 0.220 e. The Hall–Kier alpha value is -1.71. The molecule has 0 unspecified atom stereocenters. The summed E-state index contributed by atoms with van der Waals surface area (Å²) in [6.07, 6.45) is 0.520. The Bertz CT molecular complexity index is 410. The Kier molecular flexibility index (Phi) is 5.67. The van der Waals surface area contributed by atoms with Gasteiger partial charge in [0.25, 0.3) is 0 Å². The van der Waals surface area contributed by atoms with Gasteiger partial charge in [0.05, 0.1) is 13.7 Å². The van der Waals surface area contributed by atoms with Crippen LogP contribution in [0.3, 0.4) is 0 Å². The van der Waals surface area contributed by atoms with Crippen LogP contribution in [0.15, 0.2) is 24.3 Å². The number of benzene rings is 1. The van der Waals surface area contributed by atoms with Crippen LogP contribution in [0, 0.1) is 5.41 Å². The highest BCUT2D eigenvalue weighted by atomic mass is 16.5. The average molecular weight is 265 g/mol. The van der Waals surface area contributed by atoms with Gasteiger partial charge in [-0.25, -0.2) is 0 Å². The van der Waals surface area contributed by atoms with Crippen molar-refractivity contribution in [3.05, 3.63) is 24.3 Å². The maximum atomic E-state index is 11.6. The zero-order chi connectivity index (χ0) is 14.3. The fourth-order valence-electron chi connectivity index (χ4n) is 1.59. The number of ether oxygens (including phenoxy) is 2. The van der Waals surface area contributed by atoms with Gasteiger partial charge in [0.15, 0.2) is 0 Å². The van der Waals surface area contributed by atoms with E-state index in [0.717, 1.165) is 11.5 Å². The number of amides is 1. The number of carbonyl (C=O) groups is 1. The fourth-order valence-corrected chi connectivity index (χ4v) is 1.59. The molecule has 1 rings (SSSR count). The van der Waals surface area contributed by atoms with Crippen LogP contribution >= 0.6 is 0 Å². The third-order valence-corrected chi connectivity index (χ3v) is 2.43. The molecule has 19 heavy (non-hydrogen) atoms. The monoisotopic (exact) mass is 265 g/mol. The molecule has 0 radical (unpaired) electrons. The second-order valence-electron chi connectivity index (χ2n) is 5.61. The number of carbonyl (C=O) groups excluding carboxylic acids is 1. The van der Waals surface area contributed by atoms with Crippen LogP contribution in [0.2, 0.25) is 0 Å². The molecule has 1 amide bonds. The third kappa shape index (κ3) is 6.70. The molecule has 4 nitrogen and oxygen atoms in total. The SMILES string of the molecule is COc1cccc(OCCNC(=O)CC(C)(C)C)c1. The molecule has 0 aromatic heterocycles. The van der Waals surface area contributed by atoms with Crippen molar-refractivity contribution >= 4 is 5.91 Å². The molecule has 0 spiro atoms. The number of hydrogen-bond acceptors (Lipinski definition) is 3.